The van der Waals surface area contributed by atoms with E-state index in [1.165, 1.54) is 12.1 Å². The van der Waals surface area contributed by atoms with Crippen molar-refractivity contribution in [1.82, 2.24) is 10.0 Å². The monoisotopic (exact) mass is 294 g/mol. The van der Waals surface area contributed by atoms with Crippen LogP contribution in [0.15, 0.2) is 18.2 Å². The van der Waals surface area contributed by atoms with Crippen molar-refractivity contribution in [3.05, 3.63) is 34.6 Å². The van der Waals surface area contributed by atoms with Crippen molar-refractivity contribution in [2.75, 3.05) is 19.6 Å². The van der Waals surface area contributed by atoms with Gasteiger partial charge in [-0.05, 0) is 24.2 Å². The molecule has 0 heterocycles. The van der Waals surface area contributed by atoms with Crippen molar-refractivity contribution >= 4 is 21.6 Å². The summed E-state index contributed by atoms with van der Waals surface area (Å²) in [5, 5.41) is 2.93. The van der Waals surface area contributed by atoms with Gasteiger partial charge in [0.05, 0.1) is 10.8 Å². The van der Waals surface area contributed by atoms with Gasteiger partial charge in [0.15, 0.2) is 0 Å². The van der Waals surface area contributed by atoms with Crippen molar-refractivity contribution < 1.29 is 12.8 Å². The van der Waals surface area contributed by atoms with Crippen molar-refractivity contribution in [1.29, 1.82) is 0 Å². The number of sulfonamides is 1. The number of halogens is 2. The van der Waals surface area contributed by atoms with Crippen molar-refractivity contribution in [2.45, 2.75) is 12.7 Å². The van der Waals surface area contributed by atoms with E-state index < -0.39 is 15.8 Å². The molecule has 1 aromatic rings. The molecule has 0 atom stereocenters. The summed E-state index contributed by atoms with van der Waals surface area (Å²) >= 11 is 5.59. The molecule has 0 aromatic heterocycles. The van der Waals surface area contributed by atoms with Gasteiger partial charge in [-0.2, -0.15) is 0 Å². The molecule has 1 aromatic carbocycles. The van der Waals surface area contributed by atoms with Crippen LogP contribution in [0, 0.1) is 5.82 Å². The Morgan fingerprint density at radius 3 is 2.67 bits per heavy atom. The first-order valence-electron chi connectivity index (χ1n) is 5.56. The highest BCUT2D eigenvalue weighted by molar-refractivity contribution is 7.88. The summed E-state index contributed by atoms with van der Waals surface area (Å²) in [5.41, 5.74) is 0.456. The summed E-state index contributed by atoms with van der Waals surface area (Å²) in [6.07, 6.45) is 0. The molecule has 2 N–H and O–H groups in total. The van der Waals surface area contributed by atoms with Gasteiger partial charge in [-0.15, -0.1) is 0 Å². The molecular formula is C11H16ClFN2O2S. The minimum atomic E-state index is -3.42. The lowest BCUT2D eigenvalue weighted by Gasteiger charge is -2.07. The third-order valence-electron chi connectivity index (χ3n) is 2.21. The van der Waals surface area contributed by atoms with E-state index in [1.54, 1.807) is 0 Å². The summed E-state index contributed by atoms with van der Waals surface area (Å²) in [4.78, 5) is 0. The third-order valence-corrected chi connectivity index (χ3v) is 3.86. The van der Waals surface area contributed by atoms with Gasteiger partial charge >= 0.3 is 0 Å². The molecule has 102 valence electrons. The highest BCUT2D eigenvalue weighted by Gasteiger charge is 2.12. The van der Waals surface area contributed by atoms with Gasteiger partial charge in [-0.1, -0.05) is 24.6 Å². The molecule has 0 bridgehead atoms. The lowest BCUT2D eigenvalue weighted by molar-refractivity contribution is 0.576. The maximum atomic E-state index is 12.9. The van der Waals surface area contributed by atoms with Gasteiger partial charge in [0.1, 0.15) is 5.82 Å². The van der Waals surface area contributed by atoms with E-state index >= 15 is 0 Å². The van der Waals surface area contributed by atoms with Crippen LogP contribution >= 0.6 is 11.6 Å². The molecule has 0 fully saturated rings. The Morgan fingerprint density at radius 2 is 2.06 bits per heavy atom. The van der Waals surface area contributed by atoms with Crippen LogP contribution in [-0.2, 0) is 15.8 Å². The van der Waals surface area contributed by atoms with E-state index in [1.807, 2.05) is 6.92 Å². The molecule has 0 saturated carbocycles. The Bertz CT molecular complexity index is 494. The van der Waals surface area contributed by atoms with Crippen LogP contribution in [0.25, 0.3) is 0 Å². The van der Waals surface area contributed by atoms with E-state index in [0.29, 0.717) is 18.7 Å². The van der Waals surface area contributed by atoms with Crippen LogP contribution in [-0.4, -0.2) is 28.1 Å². The first kappa shape index (κ1) is 15.4. The largest absolute Gasteiger partial charge is 0.316 e. The maximum Gasteiger partial charge on any atom is 0.215 e. The highest BCUT2D eigenvalue weighted by atomic mass is 35.5. The fourth-order valence-electron chi connectivity index (χ4n) is 1.37. The lowest BCUT2D eigenvalue weighted by Crippen LogP contribution is -2.32. The smallest absolute Gasteiger partial charge is 0.215 e. The second kappa shape index (κ2) is 7.04. The molecule has 0 amide bonds. The van der Waals surface area contributed by atoms with Crippen LogP contribution in [0.1, 0.15) is 12.5 Å². The number of hydrogen-bond acceptors (Lipinski definition) is 3. The molecule has 1 rings (SSSR count). The fraction of sp³-hybridized carbons (Fsp3) is 0.455. The van der Waals surface area contributed by atoms with Crippen molar-refractivity contribution in [2.24, 2.45) is 0 Å². The van der Waals surface area contributed by atoms with Gasteiger partial charge < -0.3 is 5.32 Å². The Kier molecular flexibility index (Phi) is 6.01. The minimum Gasteiger partial charge on any atom is -0.316 e. The average Bonchev–Trinajstić information content (AvgIpc) is 2.29. The predicted octanol–water partition coefficient (Wildman–Crippen LogP) is 1.51. The van der Waals surface area contributed by atoms with Crippen LogP contribution in [0.2, 0.25) is 5.02 Å². The Morgan fingerprint density at radius 1 is 1.33 bits per heavy atom. The van der Waals surface area contributed by atoms with E-state index in [4.69, 9.17) is 11.6 Å². The average molecular weight is 295 g/mol. The fourth-order valence-corrected chi connectivity index (χ4v) is 2.71. The molecule has 0 radical (unpaired) electrons. The van der Waals surface area contributed by atoms with Crippen molar-refractivity contribution in [3.63, 3.8) is 0 Å². The molecular weight excluding hydrogens is 279 g/mol. The number of benzene rings is 1. The van der Waals surface area contributed by atoms with Gasteiger partial charge in [0.25, 0.3) is 0 Å². The first-order chi connectivity index (χ1) is 8.44. The minimum absolute atomic E-state index is 0.0738. The Balaban J connectivity index is 2.56. The second-order valence-electron chi connectivity index (χ2n) is 3.76. The lowest BCUT2D eigenvalue weighted by atomic mass is 10.2. The summed E-state index contributed by atoms with van der Waals surface area (Å²) in [5.74, 6) is -0.767. The molecule has 0 aliphatic carbocycles. The Hall–Kier alpha value is -0.690. The van der Waals surface area contributed by atoms with E-state index in [9.17, 15) is 12.8 Å². The number of hydrogen-bond donors (Lipinski definition) is 2. The van der Waals surface area contributed by atoms with Gasteiger partial charge in [-0.3, -0.25) is 0 Å². The van der Waals surface area contributed by atoms with E-state index in [2.05, 4.69) is 10.0 Å². The van der Waals surface area contributed by atoms with Crippen LogP contribution in [0.5, 0.6) is 0 Å². The van der Waals surface area contributed by atoms with Gasteiger partial charge in [0, 0.05) is 13.1 Å². The maximum absolute atomic E-state index is 12.9. The molecule has 0 aliphatic heterocycles. The Labute approximate surface area is 112 Å². The zero-order chi connectivity index (χ0) is 13.6. The third kappa shape index (κ3) is 5.30. The van der Waals surface area contributed by atoms with Gasteiger partial charge in [0.2, 0.25) is 10.0 Å². The highest BCUT2D eigenvalue weighted by Crippen LogP contribution is 2.17. The molecule has 0 aliphatic rings. The molecule has 7 heteroatoms. The molecule has 18 heavy (non-hydrogen) atoms. The summed E-state index contributed by atoms with van der Waals surface area (Å²) in [6, 6.07) is 3.89. The first-order valence-corrected chi connectivity index (χ1v) is 7.59. The SMILES string of the molecule is CCNCCNS(=O)(=O)Cc1ccc(F)c(Cl)c1. The molecule has 0 saturated heterocycles. The van der Waals surface area contributed by atoms with Crippen LogP contribution in [0.4, 0.5) is 4.39 Å². The topological polar surface area (TPSA) is 58.2 Å². The molecule has 0 spiro atoms. The standard InChI is InChI=1S/C11H16ClFN2O2S/c1-2-14-5-6-15-18(16,17)8-9-3-4-11(13)10(12)7-9/h3-4,7,14-15H,2,5-6,8H2,1H3. The van der Waals surface area contributed by atoms with E-state index in [0.717, 1.165) is 12.6 Å². The number of rotatable bonds is 7. The normalized spacial score (nSPS) is 11.7. The summed E-state index contributed by atoms with van der Waals surface area (Å²) in [7, 11) is -3.42. The summed E-state index contributed by atoms with van der Waals surface area (Å²) in [6.45, 7) is 3.62. The van der Waals surface area contributed by atoms with Crippen LogP contribution in [0.3, 0.4) is 0 Å². The zero-order valence-corrected chi connectivity index (χ0v) is 11.6. The van der Waals surface area contributed by atoms with E-state index in [-0.39, 0.29) is 10.8 Å². The number of nitrogens with one attached hydrogen (secondary N) is 2. The van der Waals surface area contributed by atoms with Crippen molar-refractivity contribution in [3.8, 4) is 0 Å². The number of likely N-dealkylation sites (N-methyl/N-ethyl adjacent to an activating group) is 1. The van der Waals surface area contributed by atoms with Gasteiger partial charge in [-0.25, -0.2) is 17.5 Å². The second-order valence-corrected chi connectivity index (χ2v) is 5.97. The van der Waals surface area contributed by atoms with Crippen LogP contribution < -0.4 is 10.0 Å². The molecule has 0 unspecified atom stereocenters. The predicted molar refractivity (Wildman–Crippen MR) is 70.6 cm³/mol. The molecule has 4 nitrogen and oxygen atoms in total. The zero-order valence-electron chi connectivity index (χ0n) is 10.0. The quantitative estimate of drug-likeness (QED) is 0.750. The summed E-state index contributed by atoms with van der Waals surface area (Å²) < 4.78 is 38.7.